The lowest BCUT2D eigenvalue weighted by Gasteiger charge is -2.19. The Morgan fingerprint density at radius 1 is 1.35 bits per heavy atom. The average Bonchev–Trinajstić information content (AvgIpc) is 3.13. The lowest BCUT2D eigenvalue weighted by atomic mass is 10.1. The van der Waals surface area contributed by atoms with Crippen LogP contribution in [-0.2, 0) is 9.59 Å². The van der Waals surface area contributed by atoms with E-state index in [1.807, 2.05) is 25.1 Å². The van der Waals surface area contributed by atoms with Crippen LogP contribution < -0.4 is 10.2 Å². The van der Waals surface area contributed by atoms with Crippen molar-refractivity contribution in [2.75, 3.05) is 11.4 Å². The molecule has 0 aromatic heterocycles. The van der Waals surface area contributed by atoms with Gasteiger partial charge in [0.25, 0.3) is 0 Å². The molecule has 1 aromatic carbocycles. The minimum atomic E-state index is -0.519. The Kier molecular flexibility index (Phi) is 3.54. The zero-order chi connectivity index (χ0) is 14.3. The molecule has 5 heteroatoms. The van der Waals surface area contributed by atoms with Gasteiger partial charge in [-0.25, -0.2) is 0 Å². The van der Waals surface area contributed by atoms with Crippen LogP contribution in [0, 0.1) is 12.8 Å². The molecule has 106 valence electrons. The summed E-state index contributed by atoms with van der Waals surface area (Å²) in [5.74, 6) is -0.703. The maximum Gasteiger partial charge on any atom is 0.239 e. The molecule has 2 aliphatic rings. The van der Waals surface area contributed by atoms with Crippen molar-refractivity contribution < 1.29 is 9.59 Å². The van der Waals surface area contributed by atoms with Crippen LogP contribution in [0.25, 0.3) is 0 Å². The molecule has 1 heterocycles. The van der Waals surface area contributed by atoms with Gasteiger partial charge in [0.1, 0.15) is 5.92 Å². The number of benzene rings is 1. The number of nitrogens with zero attached hydrogens (tertiary/aromatic N) is 1. The number of hydrogen-bond acceptors (Lipinski definition) is 2. The van der Waals surface area contributed by atoms with Gasteiger partial charge in [-0.05, 0) is 43.9 Å². The number of amides is 2. The summed E-state index contributed by atoms with van der Waals surface area (Å²) in [6.07, 6.45) is 2.69. The van der Waals surface area contributed by atoms with Crippen LogP contribution in [-0.4, -0.2) is 24.4 Å². The number of carbonyl (C=O) groups excluding carboxylic acids is 2. The van der Waals surface area contributed by atoms with Crippen LogP contribution >= 0.6 is 15.9 Å². The van der Waals surface area contributed by atoms with Crippen molar-refractivity contribution in [3.8, 4) is 0 Å². The molecule has 0 spiro atoms. The normalized spacial score (nSPS) is 22.2. The summed E-state index contributed by atoms with van der Waals surface area (Å²) in [6, 6.07) is 6.17. The fourth-order valence-corrected chi connectivity index (χ4v) is 2.91. The first-order valence-corrected chi connectivity index (χ1v) is 7.73. The van der Waals surface area contributed by atoms with E-state index in [4.69, 9.17) is 0 Å². The van der Waals surface area contributed by atoms with Gasteiger partial charge in [0.15, 0.2) is 0 Å². The van der Waals surface area contributed by atoms with Crippen molar-refractivity contribution in [3.05, 3.63) is 28.2 Å². The Morgan fingerprint density at radius 3 is 2.80 bits per heavy atom. The summed E-state index contributed by atoms with van der Waals surface area (Å²) in [4.78, 5) is 26.3. The molecule has 4 nitrogen and oxygen atoms in total. The molecule has 1 saturated heterocycles. The summed E-state index contributed by atoms with van der Waals surface area (Å²) in [6.45, 7) is 2.59. The van der Waals surface area contributed by atoms with Crippen molar-refractivity contribution >= 4 is 33.4 Å². The molecule has 0 unspecified atom stereocenters. The number of carbonyl (C=O) groups is 2. The van der Waals surface area contributed by atoms with Gasteiger partial charge < -0.3 is 10.2 Å². The minimum absolute atomic E-state index is 0.0793. The molecule has 1 aromatic rings. The van der Waals surface area contributed by atoms with E-state index in [-0.39, 0.29) is 11.8 Å². The molecular formula is C15H17BrN2O2. The van der Waals surface area contributed by atoms with Crippen molar-refractivity contribution in [2.24, 2.45) is 5.92 Å². The van der Waals surface area contributed by atoms with Crippen LogP contribution in [0.3, 0.4) is 0 Å². The second-order valence-corrected chi connectivity index (χ2v) is 6.46. The molecule has 2 amide bonds. The zero-order valence-electron chi connectivity index (χ0n) is 11.4. The van der Waals surface area contributed by atoms with Crippen molar-refractivity contribution in [3.63, 3.8) is 0 Å². The lowest BCUT2D eigenvalue weighted by molar-refractivity contribution is -0.132. The van der Waals surface area contributed by atoms with Gasteiger partial charge in [-0.15, -0.1) is 0 Å². The molecule has 3 rings (SSSR count). The Balaban J connectivity index is 1.77. The van der Waals surface area contributed by atoms with Gasteiger partial charge in [-0.3, -0.25) is 9.59 Å². The number of halogens is 1. The van der Waals surface area contributed by atoms with Crippen LogP contribution in [0.1, 0.15) is 24.8 Å². The summed E-state index contributed by atoms with van der Waals surface area (Å²) in [7, 11) is 0. The summed E-state index contributed by atoms with van der Waals surface area (Å²) >= 11 is 3.43. The molecule has 0 bridgehead atoms. The van der Waals surface area contributed by atoms with E-state index >= 15 is 0 Å². The van der Waals surface area contributed by atoms with Crippen LogP contribution in [0.5, 0.6) is 0 Å². The highest BCUT2D eigenvalue weighted by Crippen LogP contribution is 2.31. The van der Waals surface area contributed by atoms with Gasteiger partial charge in [0, 0.05) is 22.7 Å². The maximum atomic E-state index is 12.5. The first-order valence-electron chi connectivity index (χ1n) is 6.94. The van der Waals surface area contributed by atoms with E-state index in [0.29, 0.717) is 19.0 Å². The fourth-order valence-electron chi connectivity index (χ4n) is 2.57. The Labute approximate surface area is 126 Å². The zero-order valence-corrected chi connectivity index (χ0v) is 12.9. The van der Waals surface area contributed by atoms with E-state index in [9.17, 15) is 9.59 Å². The van der Waals surface area contributed by atoms with Gasteiger partial charge in [-0.1, -0.05) is 22.0 Å². The van der Waals surface area contributed by atoms with Crippen molar-refractivity contribution in [2.45, 2.75) is 32.2 Å². The molecule has 1 N–H and O–H groups in total. The molecule has 1 atom stereocenters. The molecule has 1 saturated carbocycles. The first-order chi connectivity index (χ1) is 9.56. The van der Waals surface area contributed by atoms with Gasteiger partial charge in [0.05, 0.1) is 0 Å². The highest BCUT2D eigenvalue weighted by Gasteiger charge is 2.39. The fraction of sp³-hybridized carbons (Fsp3) is 0.467. The Bertz CT molecular complexity index is 569. The highest BCUT2D eigenvalue weighted by atomic mass is 79.9. The molecular weight excluding hydrogens is 320 g/mol. The topological polar surface area (TPSA) is 49.4 Å². The summed E-state index contributed by atoms with van der Waals surface area (Å²) in [5, 5.41) is 2.93. The molecule has 1 aliphatic carbocycles. The van der Waals surface area contributed by atoms with E-state index in [1.165, 1.54) is 0 Å². The quantitative estimate of drug-likeness (QED) is 0.861. The minimum Gasteiger partial charge on any atom is -0.353 e. The monoisotopic (exact) mass is 336 g/mol. The van der Waals surface area contributed by atoms with E-state index in [0.717, 1.165) is 28.6 Å². The smallest absolute Gasteiger partial charge is 0.239 e. The molecule has 1 aliphatic heterocycles. The number of hydrogen-bond donors (Lipinski definition) is 1. The Morgan fingerprint density at radius 2 is 2.10 bits per heavy atom. The summed E-state index contributed by atoms with van der Waals surface area (Å²) in [5.41, 5.74) is 1.94. The van der Waals surface area contributed by atoms with E-state index in [2.05, 4.69) is 21.2 Å². The highest BCUT2D eigenvalue weighted by molar-refractivity contribution is 9.10. The second-order valence-electron chi connectivity index (χ2n) is 5.54. The predicted octanol–water partition coefficient (Wildman–Crippen LogP) is 2.39. The van der Waals surface area contributed by atoms with Gasteiger partial charge >= 0.3 is 0 Å². The first kappa shape index (κ1) is 13.6. The second kappa shape index (κ2) is 5.20. The standard InChI is InChI=1S/C15H17BrN2O2/c1-9-2-3-10(16)8-13(9)18-7-6-12(15(18)20)14(19)17-11-4-5-11/h2-3,8,11-12H,4-7H2,1H3,(H,17,19)/t12-/m1/s1. The maximum absolute atomic E-state index is 12.5. The third-order valence-electron chi connectivity index (χ3n) is 3.91. The molecule has 20 heavy (non-hydrogen) atoms. The SMILES string of the molecule is Cc1ccc(Br)cc1N1CC[C@H](C(=O)NC2CC2)C1=O. The lowest BCUT2D eigenvalue weighted by Crippen LogP contribution is -2.37. The average molecular weight is 337 g/mol. The van der Waals surface area contributed by atoms with Gasteiger partial charge in [0.2, 0.25) is 11.8 Å². The third kappa shape index (κ3) is 2.59. The number of rotatable bonds is 3. The van der Waals surface area contributed by atoms with Crippen molar-refractivity contribution in [1.29, 1.82) is 0 Å². The van der Waals surface area contributed by atoms with E-state index in [1.54, 1.807) is 4.90 Å². The third-order valence-corrected chi connectivity index (χ3v) is 4.40. The predicted molar refractivity (Wildman–Crippen MR) is 80.5 cm³/mol. The van der Waals surface area contributed by atoms with E-state index < -0.39 is 5.92 Å². The largest absolute Gasteiger partial charge is 0.353 e. The number of anilines is 1. The van der Waals surface area contributed by atoms with Gasteiger partial charge in [-0.2, -0.15) is 0 Å². The number of aryl methyl sites for hydroxylation is 1. The molecule has 0 radical (unpaired) electrons. The number of nitrogens with one attached hydrogen (secondary N) is 1. The van der Waals surface area contributed by atoms with Crippen LogP contribution in [0.15, 0.2) is 22.7 Å². The Hall–Kier alpha value is -1.36. The summed E-state index contributed by atoms with van der Waals surface area (Å²) < 4.78 is 0.941. The van der Waals surface area contributed by atoms with Crippen LogP contribution in [0.4, 0.5) is 5.69 Å². The van der Waals surface area contributed by atoms with Crippen LogP contribution in [0.2, 0.25) is 0 Å². The molecule has 2 fully saturated rings. The van der Waals surface area contributed by atoms with Crippen molar-refractivity contribution in [1.82, 2.24) is 5.32 Å².